The Labute approximate surface area is 200 Å². The molecule has 0 saturated heterocycles. The molecule has 0 aliphatic carbocycles. The van der Waals surface area contributed by atoms with Crippen molar-refractivity contribution in [1.29, 1.82) is 5.26 Å². The lowest BCUT2D eigenvalue weighted by Crippen LogP contribution is -2.25. The van der Waals surface area contributed by atoms with Crippen molar-refractivity contribution in [3.8, 4) is 23.1 Å². The van der Waals surface area contributed by atoms with Crippen LogP contribution in [0, 0.1) is 11.3 Å². The first-order chi connectivity index (χ1) is 16.2. The van der Waals surface area contributed by atoms with E-state index < -0.39 is 20.8 Å². The number of rotatable bonds is 8. The monoisotopic (exact) mass is 499 g/mol. The van der Waals surface area contributed by atoms with Gasteiger partial charge in [0.1, 0.15) is 17.4 Å². The van der Waals surface area contributed by atoms with Crippen LogP contribution in [0.25, 0.3) is 11.3 Å². The number of benzene rings is 2. The third-order valence-corrected chi connectivity index (χ3v) is 6.92. The first-order valence-corrected chi connectivity index (χ1v) is 12.4. The highest BCUT2D eigenvalue weighted by Crippen LogP contribution is 2.27. The van der Waals surface area contributed by atoms with Crippen LogP contribution in [0.1, 0.15) is 18.9 Å². The van der Waals surface area contributed by atoms with E-state index in [1.807, 2.05) is 6.07 Å². The molecular weight excluding hydrogens is 478 g/mol. The third kappa shape index (κ3) is 5.82. The van der Waals surface area contributed by atoms with Gasteiger partial charge in [-0.1, -0.05) is 18.7 Å². The van der Waals surface area contributed by atoms with Crippen molar-refractivity contribution in [1.82, 2.24) is 9.97 Å². The Balaban J connectivity index is 1.85. The number of carbonyl (C=O) groups excluding carboxylic acids is 1. The zero-order valence-electron chi connectivity index (χ0n) is 18.2. The lowest BCUT2D eigenvalue weighted by molar-refractivity contribution is -0.115. The van der Waals surface area contributed by atoms with E-state index >= 15 is 0 Å². The molecule has 12 heteroatoms. The van der Waals surface area contributed by atoms with E-state index in [-0.39, 0.29) is 27.2 Å². The number of carbonyl (C=O) groups is 1. The van der Waals surface area contributed by atoms with Gasteiger partial charge in [0.2, 0.25) is 15.9 Å². The van der Waals surface area contributed by atoms with Crippen LogP contribution in [0.4, 0.5) is 5.69 Å². The van der Waals surface area contributed by atoms with Gasteiger partial charge in [-0.15, -0.1) is 0 Å². The summed E-state index contributed by atoms with van der Waals surface area (Å²) >= 11 is 1.04. The van der Waals surface area contributed by atoms with Crippen molar-refractivity contribution in [3.63, 3.8) is 0 Å². The van der Waals surface area contributed by atoms with Gasteiger partial charge in [-0.3, -0.25) is 9.59 Å². The minimum atomic E-state index is -3.84. The van der Waals surface area contributed by atoms with Crippen molar-refractivity contribution in [2.24, 2.45) is 5.14 Å². The number of hydrogen-bond acceptors (Lipinski definition) is 8. The molecule has 2 aromatic carbocycles. The van der Waals surface area contributed by atoms with E-state index in [0.29, 0.717) is 23.4 Å². The average Bonchev–Trinajstić information content (AvgIpc) is 2.82. The number of nitriles is 1. The van der Waals surface area contributed by atoms with Crippen LogP contribution in [0.2, 0.25) is 0 Å². The maximum absolute atomic E-state index is 12.8. The minimum Gasteiger partial charge on any atom is -0.497 e. The molecule has 0 radical (unpaired) electrons. The summed E-state index contributed by atoms with van der Waals surface area (Å²) in [6.45, 7) is 1.80. The standard InChI is InChI=1S/C22H21N5O5S2/c1-3-18(21(29)25-14-6-10-16(11-7-14)34(24,30)31)33-22-26-19(17(12-23)20(28)27-22)13-4-8-15(32-2)9-5-13/h4-11,18H,3H2,1-2H3,(H,25,29)(H2,24,30,31)(H,26,27,28)/t18-/m1/s1. The number of thioether (sulfide) groups is 1. The highest BCUT2D eigenvalue weighted by atomic mass is 32.2. The lowest BCUT2D eigenvalue weighted by Gasteiger charge is -2.15. The maximum atomic E-state index is 12.8. The number of sulfonamides is 1. The van der Waals surface area contributed by atoms with Gasteiger partial charge in [0.15, 0.2) is 5.16 Å². The Hall–Kier alpha value is -3.66. The van der Waals surface area contributed by atoms with E-state index in [0.717, 1.165) is 11.8 Å². The average molecular weight is 500 g/mol. The van der Waals surface area contributed by atoms with Gasteiger partial charge in [-0.05, 0) is 55.0 Å². The molecule has 1 aromatic heterocycles. The van der Waals surface area contributed by atoms with Gasteiger partial charge in [-0.2, -0.15) is 5.26 Å². The van der Waals surface area contributed by atoms with E-state index in [1.165, 1.54) is 31.4 Å². The zero-order valence-corrected chi connectivity index (χ0v) is 19.9. The predicted octanol–water partition coefficient (Wildman–Crippen LogP) is 2.47. The van der Waals surface area contributed by atoms with E-state index in [2.05, 4.69) is 15.3 Å². The summed E-state index contributed by atoms with van der Waals surface area (Å²) in [6, 6.07) is 14.1. The van der Waals surface area contributed by atoms with Crippen molar-refractivity contribution in [2.75, 3.05) is 12.4 Å². The summed E-state index contributed by atoms with van der Waals surface area (Å²) in [5.41, 5.74) is 0.390. The fourth-order valence-corrected chi connectivity index (χ4v) is 4.39. The van der Waals surface area contributed by atoms with Crippen LogP contribution >= 0.6 is 11.8 Å². The number of anilines is 1. The summed E-state index contributed by atoms with van der Waals surface area (Å²) < 4.78 is 27.9. The largest absolute Gasteiger partial charge is 0.497 e. The molecule has 10 nitrogen and oxygen atoms in total. The number of nitrogens with one attached hydrogen (secondary N) is 2. The van der Waals surface area contributed by atoms with Crippen molar-refractivity contribution in [2.45, 2.75) is 28.6 Å². The van der Waals surface area contributed by atoms with E-state index in [9.17, 15) is 23.3 Å². The number of H-pyrrole nitrogens is 1. The molecule has 0 aliphatic rings. The quantitative estimate of drug-likeness (QED) is 0.314. The molecular formula is C22H21N5O5S2. The Kier molecular flexibility index (Phi) is 7.72. The number of nitrogens with two attached hydrogens (primary N) is 1. The smallest absolute Gasteiger partial charge is 0.270 e. The number of amides is 1. The highest BCUT2D eigenvalue weighted by molar-refractivity contribution is 8.00. The summed E-state index contributed by atoms with van der Waals surface area (Å²) in [6.07, 6.45) is 0.410. The van der Waals surface area contributed by atoms with Crippen LogP contribution in [0.5, 0.6) is 5.75 Å². The Morgan fingerprint density at radius 1 is 1.24 bits per heavy atom. The van der Waals surface area contributed by atoms with Gasteiger partial charge in [-0.25, -0.2) is 18.5 Å². The summed E-state index contributed by atoms with van der Waals surface area (Å²) in [4.78, 5) is 32.2. The number of ether oxygens (including phenoxy) is 1. The molecule has 1 heterocycles. The van der Waals surface area contributed by atoms with Gasteiger partial charge < -0.3 is 15.0 Å². The summed E-state index contributed by atoms with van der Waals surface area (Å²) in [7, 11) is -2.31. The SMILES string of the molecule is CC[C@@H](Sc1nc(-c2ccc(OC)cc2)c(C#N)c(=O)[nH]1)C(=O)Nc1ccc(S(N)(=O)=O)cc1. The molecule has 176 valence electrons. The van der Waals surface area contributed by atoms with Crippen LogP contribution in [-0.4, -0.2) is 36.7 Å². The maximum Gasteiger partial charge on any atom is 0.270 e. The number of hydrogen-bond donors (Lipinski definition) is 3. The number of primary sulfonamides is 1. The molecule has 1 amide bonds. The van der Waals surface area contributed by atoms with Crippen molar-refractivity contribution in [3.05, 3.63) is 64.4 Å². The van der Waals surface area contributed by atoms with E-state index in [1.54, 1.807) is 31.2 Å². The van der Waals surface area contributed by atoms with Crippen molar-refractivity contribution < 1.29 is 17.9 Å². The molecule has 0 aliphatic heterocycles. The molecule has 0 bridgehead atoms. The van der Waals surface area contributed by atoms with Crippen molar-refractivity contribution >= 4 is 33.4 Å². The van der Waals surface area contributed by atoms with Gasteiger partial charge in [0.05, 0.1) is 22.9 Å². The zero-order chi connectivity index (χ0) is 24.9. The Morgan fingerprint density at radius 3 is 2.41 bits per heavy atom. The van der Waals surface area contributed by atoms with Crippen LogP contribution in [-0.2, 0) is 14.8 Å². The summed E-state index contributed by atoms with van der Waals surface area (Å²) in [5.74, 6) is 0.246. The second kappa shape index (κ2) is 10.5. The number of methoxy groups -OCH3 is 1. The first kappa shape index (κ1) is 25.0. The lowest BCUT2D eigenvalue weighted by atomic mass is 10.1. The van der Waals surface area contributed by atoms with Crippen LogP contribution < -0.4 is 20.8 Å². The third-order valence-electron chi connectivity index (χ3n) is 4.74. The molecule has 0 saturated carbocycles. The minimum absolute atomic E-state index is 0.0719. The molecule has 0 unspecified atom stereocenters. The molecule has 4 N–H and O–H groups in total. The van der Waals surface area contributed by atoms with Gasteiger partial charge >= 0.3 is 0 Å². The topological polar surface area (TPSA) is 168 Å². The Bertz CT molecular complexity index is 1400. The fraction of sp³-hybridized carbons (Fsp3) is 0.182. The number of aromatic amines is 1. The Morgan fingerprint density at radius 2 is 1.88 bits per heavy atom. The number of aromatic nitrogens is 2. The number of nitrogens with zero attached hydrogens (tertiary/aromatic N) is 2. The van der Waals surface area contributed by atoms with Gasteiger partial charge in [0.25, 0.3) is 5.56 Å². The first-order valence-electron chi connectivity index (χ1n) is 9.95. The molecule has 0 fully saturated rings. The predicted molar refractivity (Wildman–Crippen MR) is 128 cm³/mol. The molecule has 3 aromatic rings. The fourth-order valence-electron chi connectivity index (χ4n) is 2.98. The second-order valence-electron chi connectivity index (χ2n) is 7.01. The molecule has 0 spiro atoms. The molecule has 3 rings (SSSR count). The van der Waals surface area contributed by atoms with Crippen LogP contribution in [0.15, 0.2) is 63.4 Å². The van der Waals surface area contributed by atoms with Gasteiger partial charge in [0, 0.05) is 11.3 Å². The summed E-state index contributed by atoms with van der Waals surface area (Å²) in [5, 5.41) is 16.8. The second-order valence-corrected chi connectivity index (χ2v) is 9.76. The molecule has 1 atom stereocenters. The molecule has 34 heavy (non-hydrogen) atoms. The van der Waals surface area contributed by atoms with E-state index in [4.69, 9.17) is 9.88 Å². The normalized spacial score (nSPS) is 11.9. The van der Waals surface area contributed by atoms with Crippen LogP contribution in [0.3, 0.4) is 0 Å². The highest BCUT2D eigenvalue weighted by Gasteiger charge is 2.22.